The van der Waals surface area contributed by atoms with Gasteiger partial charge in [0.2, 0.25) is 0 Å². The summed E-state index contributed by atoms with van der Waals surface area (Å²) in [6, 6.07) is 17.4. The zero-order valence-electron chi connectivity index (χ0n) is 12.5. The van der Waals surface area contributed by atoms with Gasteiger partial charge in [0.25, 0.3) is 5.91 Å². The van der Waals surface area contributed by atoms with Crippen molar-refractivity contribution in [3.63, 3.8) is 0 Å². The molecule has 21 heavy (non-hydrogen) atoms. The molecule has 0 bridgehead atoms. The van der Waals surface area contributed by atoms with Gasteiger partial charge < -0.3 is 0 Å². The molecule has 0 unspecified atom stereocenters. The van der Waals surface area contributed by atoms with Crippen molar-refractivity contribution in [3.05, 3.63) is 71.3 Å². The molecular weight excluding hydrogens is 260 g/mol. The van der Waals surface area contributed by atoms with Crippen LogP contribution in [0.5, 0.6) is 0 Å². The maximum atomic E-state index is 12.1. The van der Waals surface area contributed by atoms with E-state index < -0.39 is 0 Å². The van der Waals surface area contributed by atoms with Crippen LogP contribution in [0.2, 0.25) is 0 Å². The Morgan fingerprint density at radius 1 is 1.05 bits per heavy atom. The van der Waals surface area contributed by atoms with Crippen molar-refractivity contribution >= 4 is 11.6 Å². The number of aryl methyl sites for hydroxylation is 1. The predicted molar refractivity (Wildman–Crippen MR) is 86.5 cm³/mol. The summed E-state index contributed by atoms with van der Waals surface area (Å²) in [6.07, 6.45) is 1.81. The summed E-state index contributed by atoms with van der Waals surface area (Å²) in [5, 5.41) is 4.31. The largest absolute Gasteiger partial charge is 0.271 e. The van der Waals surface area contributed by atoms with Gasteiger partial charge in [-0.05, 0) is 31.0 Å². The molecule has 0 atom stereocenters. The van der Waals surface area contributed by atoms with Crippen LogP contribution in [-0.2, 0) is 0 Å². The van der Waals surface area contributed by atoms with Crippen molar-refractivity contribution in [2.75, 3.05) is 0 Å². The lowest BCUT2D eigenvalue weighted by molar-refractivity contribution is 0.0954. The van der Waals surface area contributed by atoms with Crippen molar-refractivity contribution in [2.24, 2.45) is 5.10 Å². The lowest BCUT2D eigenvalue weighted by Gasteiger charge is -2.06. The van der Waals surface area contributed by atoms with Crippen molar-refractivity contribution < 1.29 is 4.79 Å². The lowest BCUT2D eigenvalue weighted by atomic mass is 10.1. The van der Waals surface area contributed by atoms with E-state index >= 15 is 0 Å². The molecule has 0 aliphatic heterocycles. The summed E-state index contributed by atoms with van der Waals surface area (Å²) < 4.78 is 0. The standard InChI is InChI=1S/C18H20N2O/c1-3-8-17(15-10-5-4-6-11-15)19-20-18(21)16-12-7-9-14(2)13-16/h4-7,9-13H,3,8H2,1-2H3,(H,20,21)/b19-17-. The summed E-state index contributed by atoms with van der Waals surface area (Å²) in [5.74, 6) is -0.178. The first-order valence-electron chi connectivity index (χ1n) is 7.19. The summed E-state index contributed by atoms with van der Waals surface area (Å²) >= 11 is 0. The van der Waals surface area contributed by atoms with Crippen molar-refractivity contribution in [1.82, 2.24) is 5.43 Å². The van der Waals surface area contributed by atoms with E-state index in [0.717, 1.165) is 29.7 Å². The Bertz CT molecular complexity index is 633. The second kappa shape index (κ2) is 7.39. The molecule has 0 saturated carbocycles. The average Bonchev–Trinajstić information content (AvgIpc) is 2.52. The number of hydrogen-bond donors (Lipinski definition) is 1. The predicted octanol–water partition coefficient (Wildman–Crippen LogP) is 3.93. The van der Waals surface area contributed by atoms with Gasteiger partial charge in [0.1, 0.15) is 0 Å². The highest BCUT2D eigenvalue weighted by Gasteiger charge is 2.06. The van der Waals surface area contributed by atoms with Crippen LogP contribution in [0.25, 0.3) is 0 Å². The van der Waals surface area contributed by atoms with E-state index in [1.54, 1.807) is 6.07 Å². The first kappa shape index (κ1) is 15.0. The number of hydrazone groups is 1. The average molecular weight is 280 g/mol. The summed E-state index contributed by atoms with van der Waals surface area (Å²) in [6.45, 7) is 4.06. The number of nitrogens with zero attached hydrogens (tertiary/aromatic N) is 1. The molecule has 0 heterocycles. The van der Waals surface area contributed by atoms with Crippen molar-refractivity contribution in [2.45, 2.75) is 26.7 Å². The highest BCUT2D eigenvalue weighted by atomic mass is 16.2. The number of amides is 1. The van der Waals surface area contributed by atoms with E-state index in [9.17, 15) is 4.79 Å². The van der Waals surface area contributed by atoms with Crippen LogP contribution in [0.1, 0.15) is 41.3 Å². The Morgan fingerprint density at radius 3 is 2.43 bits per heavy atom. The maximum absolute atomic E-state index is 12.1. The lowest BCUT2D eigenvalue weighted by Crippen LogP contribution is -2.20. The number of carbonyl (C=O) groups excluding carboxylic acids is 1. The van der Waals surface area contributed by atoms with Crippen molar-refractivity contribution in [1.29, 1.82) is 0 Å². The Morgan fingerprint density at radius 2 is 1.76 bits per heavy atom. The fourth-order valence-corrected chi connectivity index (χ4v) is 2.10. The first-order valence-corrected chi connectivity index (χ1v) is 7.19. The molecular formula is C18H20N2O. The fourth-order valence-electron chi connectivity index (χ4n) is 2.10. The van der Waals surface area contributed by atoms with E-state index in [0.29, 0.717) is 5.56 Å². The monoisotopic (exact) mass is 280 g/mol. The van der Waals surface area contributed by atoms with Crippen LogP contribution in [-0.4, -0.2) is 11.6 Å². The number of nitrogens with one attached hydrogen (secondary N) is 1. The van der Waals surface area contributed by atoms with Crippen LogP contribution < -0.4 is 5.43 Å². The molecule has 3 heteroatoms. The van der Waals surface area contributed by atoms with E-state index in [1.165, 1.54) is 0 Å². The van der Waals surface area contributed by atoms with Gasteiger partial charge in [-0.15, -0.1) is 0 Å². The van der Waals surface area contributed by atoms with E-state index in [-0.39, 0.29) is 5.91 Å². The summed E-state index contributed by atoms with van der Waals surface area (Å²) in [4.78, 5) is 12.1. The summed E-state index contributed by atoms with van der Waals surface area (Å²) in [7, 11) is 0. The smallest absolute Gasteiger partial charge is 0.267 e. The molecule has 2 aromatic rings. The third kappa shape index (κ3) is 4.28. The molecule has 1 amide bonds. The molecule has 2 rings (SSSR count). The van der Waals surface area contributed by atoms with Gasteiger partial charge in [0, 0.05) is 5.56 Å². The number of benzene rings is 2. The second-order valence-corrected chi connectivity index (χ2v) is 4.98. The molecule has 0 spiro atoms. The van der Waals surface area contributed by atoms with Gasteiger partial charge in [-0.1, -0.05) is 61.4 Å². The minimum atomic E-state index is -0.178. The number of rotatable bonds is 5. The van der Waals surface area contributed by atoms with E-state index in [1.807, 2.05) is 55.5 Å². The third-order valence-corrected chi connectivity index (χ3v) is 3.17. The normalized spacial score (nSPS) is 11.2. The van der Waals surface area contributed by atoms with E-state index in [2.05, 4.69) is 17.5 Å². The first-order chi connectivity index (χ1) is 10.2. The van der Waals surface area contributed by atoms with E-state index in [4.69, 9.17) is 0 Å². The summed E-state index contributed by atoms with van der Waals surface area (Å²) in [5.41, 5.74) is 6.29. The topological polar surface area (TPSA) is 41.5 Å². The molecule has 108 valence electrons. The minimum Gasteiger partial charge on any atom is -0.267 e. The highest BCUT2D eigenvalue weighted by Crippen LogP contribution is 2.07. The molecule has 0 radical (unpaired) electrons. The van der Waals surface area contributed by atoms with Crippen molar-refractivity contribution in [3.8, 4) is 0 Å². The number of hydrogen-bond acceptors (Lipinski definition) is 2. The van der Waals surface area contributed by atoms with Crippen LogP contribution >= 0.6 is 0 Å². The molecule has 1 N–H and O–H groups in total. The SMILES string of the molecule is CCC/C(=N/NC(=O)c1cccc(C)c1)c1ccccc1. The molecule has 2 aromatic carbocycles. The zero-order chi connectivity index (χ0) is 15.1. The van der Waals surface area contributed by atoms with Gasteiger partial charge in [0.05, 0.1) is 5.71 Å². The zero-order valence-corrected chi connectivity index (χ0v) is 12.5. The van der Waals surface area contributed by atoms with Gasteiger partial charge in [-0.25, -0.2) is 5.43 Å². The van der Waals surface area contributed by atoms with Gasteiger partial charge in [0.15, 0.2) is 0 Å². The molecule has 0 fully saturated rings. The van der Waals surface area contributed by atoms with Crippen LogP contribution in [0.3, 0.4) is 0 Å². The quantitative estimate of drug-likeness (QED) is 0.654. The molecule has 0 aliphatic carbocycles. The Hall–Kier alpha value is -2.42. The fraction of sp³-hybridized carbons (Fsp3) is 0.222. The Labute approximate surface area is 125 Å². The van der Waals surface area contributed by atoms with Crippen LogP contribution in [0.4, 0.5) is 0 Å². The van der Waals surface area contributed by atoms with Crippen LogP contribution in [0, 0.1) is 6.92 Å². The van der Waals surface area contributed by atoms with Gasteiger partial charge >= 0.3 is 0 Å². The molecule has 3 nitrogen and oxygen atoms in total. The van der Waals surface area contributed by atoms with Gasteiger partial charge in [-0.3, -0.25) is 4.79 Å². The van der Waals surface area contributed by atoms with Crippen LogP contribution in [0.15, 0.2) is 59.7 Å². The Kier molecular flexibility index (Phi) is 5.27. The van der Waals surface area contributed by atoms with Gasteiger partial charge in [-0.2, -0.15) is 5.10 Å². The molecule has 0 saturated heterocycles. The Balaban J connectivity index is 2.15. The second-order valence-electron chi connectivity index (χ2n) is 4.98. The molecule has 0 aromatic heterocycles. The third-order valence-electron chi connectivity index (χ3n) is 3.17. The minimum absolute atomic E-state index is 0.178. The number of carbonyl (C=O) groups is 1. The highest BCUT2D eigenvalue weighted by molar-refractivity contribution is 6.02. The maximum Gasteiger partial charge on any atom is 0.271 e. The molecule has 0 aliphatic rings.